The van der Waals surface area contributed by atoms with Crippen LogP contribution >= 0.6 is 15.9 Å². The number of H-pyrrole nitrogens is 1. The van der Waals surface area contributed by atoms with Crippen molar-refractivity contribution >= 4 is 26.0 Å². The van der Waals surface area contributed by atoms with E-state index >= 15 is 0 Å². The van der Waals surface area contributed by atoms with E-state index in [1.807, 2.05) is 0 Å². The van der Waals surface area contributed by atoms with Crippen LogP contribution in [0.4, 0.5) is 8.78 Å². The maximum absolute atomic E-state index is 13.7. The molecule has 0 radical (unpaired) electrons. The molecule has 0 amide bonds. The Kier molecular flexibility index (Phi) is 7.33. The molecule has 3 N–H and O–H groups in total. The number of aromatic hydroxyl groups is 1. The lowest BCUT2D eigenvalue weighted by Crippen LogP contribution is -2.28. The molecule has 0 aliphatic carbocycles. The second kappa shape index (κ2) is 10.3. The van der Waals surface area contributed by atoms with Gasteiger partial charge in [-0.1, -0.05) is 24.3 Å². The molecule has 4 rings (SSSR count). The van der Waals surface area contributed by atoms with Gasteiger partial charge in [-0.3, -0.25) is 14.4 Å². The number of hydrogen-bond donors (Lipinski definition) is 3. The Morgan fingerprint density at radius 3 is 2.08 bits per heavy atom. The van der Waals surface area contributed by atoms with E-state index in [0.717, 1.165) is 6.20 Å². The topological polar surface area (TPSA) is 138 Å². The second-order valence-electron chi connectivity index (χ2n) is 8.06. The van der Waals surface area contributed by atoms with Gasteiger partial charge in [0.1, 0.15) is 21.9 Å². The minimum Gasteiger partial charge on any atom is -0.503 e. The maximum atomic E-state index is 13.7. The van der Waals surface area contributed by atoms with E-state index in [4.69, 9.17) is 0 Å². The monoisotopic (exact) mass is 580 g/mol. The number of hydrogen-bond acceptors (Lipinski definition) is 6. The van der Waals surface area contributed by atoms with Crippen LogP contribution in [0.2, 0.25) is 0 Å². The number of aromatic amines is 1. The zero-order valence-electron chi connectivity index (χ0n) is 18.3. The average molecular weight is 581 g/mol. The van der Waals surface area contributed by atoms with Crippen molar-refractivity contribution in [2.75, 3.05) is 5.75 Å². The molecular formula is C23H19BrF2N4O5S. The van der Waals surface area contributed by atoms with Crippen LogP contribution in [0, 0.1) is 17.6 Å². The highest BCUT2D eigenvalue weighted by molar-refractivity contribution is 9.10. The molecule has 0 spiro atoms. The van der Waals surface area contributed by atoms with Crippen molar-refractivity contribution in [1.29, 1.82) is 0 Å². The predicted molar refractivity (Wildman–Crippen MR) is 130 cm³/mol. The van der Waals surface area contributed by atoms with Gasteiger partial charge in [0.2, 0.25) is 5.43 Å². The minimum absolute atomic E-state index is 0.0712. The Hall–Kier alpha value is -3.42. The van der Waals surface area contributed by atoms with E-state index in [-0.39, 0.29) is 18.1 Å². The van der Waals surface area contributed by atoms with E-state index in [1.165, 1.54) is 59.3 Å². The largest absolute Gasteiger partial charge is 0.503 e. The molecule has 2 heterocycles. The van der Waals surface area contributed by atoms with Crippen LogP contribution in [0.3, 0.4) is 0 Å². The lowest BCUT2D eigenvalue weighted by Gasteiger charge is -2.28. The molecule has 0 aliphatic rings. The number of rotatable bonds is 8. The molecule has 0 aliphatic heterocycles. The van der Waals surface area contributed by atoms with Gasteiger partial charge in [-0.25, -0.2) is 13.8 Å². The molecule has 4 aromatic rings. The summed E-state index contributed by atoms with van der Waals surface area (Å²) < 4.78 is 63.2. The molecular weight excluding hydrogens is 562 g/mol. The highest BCUT2D eigenvalue weighted by atomic mass is 79.9. The molecule has 0 bridgehead atoms. The Morgan fingerprint density at radius 2 is 1.56 bits per heavy atom. The first kappa shape index (κ1) is 25.7. The fraction of sp³-hybridized carbons (Fsp3) is 0.174. The van der Waals surface area contributed by atoms with E-state index in [0.29, 0.717) is 15.7 Å². The highest BCUT2D eigenvalue weighted by Gasteiger charge is 2.31. The molecule has 0 saturated carbocycles. The van der Waals surface area contributed by atoms with E-state index < -0.39 is 50.5 Å². The van der Waals surface area contributed by atoms with Crippen molar-refractivity contribution < 1.29 is 26.9 Å². The quantitative estimate of drug-likeness (QED) is 0.270. The first-order valence-corrected chi connectivity index (χ1v) is 12.9. The number of halogens is 3. The van der Waals surface area contributed by atoms with Crippen LogP contribution in [0.5, 0.6) is 5.75 Å². The van der Waals surface area contributed by atoms with E-state index in [1.54, 1.807) is 0 Å². The Morgan fingerprint density at radius 1 is 1.00 bits per heavy atom. The molecule has 13 heteroatoms. The lowest BCUT2D eigenvalue weighted by molar-refractivity contribution is 0.407. The fourth-order valence-corrected chi connectivity index (χ4v) is 5.37. The first-order chi connectivity index (χ1) is 17.0. The fourth-order valence-electron chi connectivity index (χ4n) is 4.11. The highest BCUT2D eigenvalue weighted by Crippen LogP contribution is 2.36. The Labute approximate surface area is 212 Å². The predicted octanol–water partition coefficient (Wildman–Crippen LogP) is 3.72. The number of aromatic nitrogens is 4. The number of imidazole rings is 1. The van der Waals surface area contributed by atoms with E-state index in [9.17, 15) is 31.7 Å². The van der Waals surface area contributed by atoms with Crippen molar-refractivity contribution in [2.45, 2.75) is 12.5 Å². The lowest BCUT2D eigenvalue weighted by atomic mass is 9.81. The molecule has 36 heavy (non-hydrogen) atoms. The molecule has 2 aromatic heterocycles. The van der Waals surface area contributed by atoms with Crippen LogP contribution in [-0.4, -0.2) is 43.6 Å². The van der Waals surface area contributed by atoms with Crippen LogP contribution in [0.1, 0.15) is 17.0 Å². The zero-order valence-corrected chi connectivity index (χ0v) is 20.7. The van der Waals surface area contributed by atoms with Crippen molar-refractivity contribution in [2.24, 2.45) is 5.92 Å². The molecule has 9 nitrogen and oxygen atoms in total. The van der Waals surface area contributed by atoms with Crippen molar-refractivity contribution in [3.8, 4) is 17.3 Å². The molecule has 2 aromatic carbocycles. The van der Waals surface area contributed by atoms with Gasteiger partial charge in [-0.2, -0.15) is 13.5 Å². The summed E-state index contributed by atoms with van der Waals surface area (Å²) in [7, 11) is -4.53. The summed E-state index contributed by atoms with van der Waals surface area (Å²) in [5, 5.41) is 16.5. The van der Waals surface area contributed by atoms with Gasteiger partial charge in [0.05, 0.1) is 18.1 Å². The average Bonchev–Trinajstić information content (AvgIpc) is 3.17. The number of nitrogens with one attached hydrogen (secondary N) is 1. The summed E-state index contributed by atoms with van der Waals surface area (Å²) in [5.41, 5.74) is 0.192. The summed E-state index contributed by atoms with van der Waals surface area (Å²) in [6.07, 6.45) is 2.27. The van der Waals surface area contributed by atoms with Crippen molar-refractivity contribution in [3.63, 3.8) is 0 Å². The normalized spacial score (nSPS) is 12.7. The van der Waals surface area contributed by atoms with Crippen molar-refractivity contribution in [1.82, 2.24) is 19.7 Å². The summed E-state index contributed by atoms with van der Waals surface area (Å²) in [5.74, 6) is -3.92. The van der Waals surface area contributed by atoms with Gasteiger partial charge >= 0.3 is 0 Å². The smallest absolute Gasteiger partial charge is 0.265 e. The van der Waals surface area contributed by atoms with Gasteiger partial charge in [0.15, 0.2) is 11.6 Å². The van der Waals surface area contributed by atoms with Crippen molar-refractivity contribution in [3.05, 3.63) is 98.5 Å². The van der Waals surface area contributed by atoms with Gasteiger partial charge in [0.25, 0.3) is 10.1 Å². The van der Waals surface area contributed by atoms with Gasteiger partial charge in [0, 0.05) is 18.4 Å². The molecule has 0 saturated heterocycles. The number of benzene rings is 2. The SMILES string of the molecule is O=c1cn[nH]c(-c2ncc(Br)n2CC(CS(=O)(=O)O)C(c2ccc(F)cc2)c2ccc(F)cc2)c1O. The molecule has 1 unspecified atom stereocenters. The molecule has 0 fully saturated rings. The summed E-state index contributed by atoms with van der Waals surface area (Å²) in [6.45, 7) is -0.106. The molecule has 188 valence electrons. The van der Waals surface area contributed by atoms with Crippen LogP contribution < -0.4 is 5.43 Å². The third-order valence-corrected chi connectivity index (χ3v) is 7.11. The van der Waals surface area contributed by atoms with Crippen LogP contribution in [0.15, 0.2) is 70.3 Å². The van der Waals surface area contributed by atoms with Gasteiger partial charge < -0.3 is 9.67 Å². The third kappa shape index (κ3) is 5.69. The Balaban J connectivity index is 1.87. The first-order valence-electron chi connectivity index (χ1n) is 10.5. The molecule has 1 atom stereocenters. The second-order valence-corrected chi connectivity index (χ2v) is 10.4. The summed E-state index contributed by atoms with van der Waals surface area (Å²) >= 11 is 3.34. The number of nitrogens with zero attached hydrogens (tertiary/aromatic N) is 3. The van der Waals surface area contributed by atoms with E-state index in [2.05, 4.69) is 31.1 Å². The standard InChI is InChI=1S/C23H19BrF2N4O5S/c24-19-10-27-23(21-22(32)18(31)9-28-29-21)30(19)11-15(12-36(33,34)35)20(13-1-5-16(25)6-2-13)14-3-7-17(26)8-4-14/h1-10,15,20H,11-12H2,(H,28,32)(H,29,31)(H,33,34,35). The summed E-state index contributed by atoms with van der Waals surface area (Å²) in [6, 6.07) is 10.8. The van der Waals surface area contributed by atoms with Crippen LogP contribution in [-0.2, 0) is 16.7 Å². The van der Waals surface area contributed by atoms with Crippen LogP contribution in [0.25, 0.3) is 11.5 Å². The minimum atomic E-state index is -4.53. The summed E-state index contributed by atoms with van der Waals surface area (Å²) in [4.78, 5) is 16.1. The Bertz CT molecular complexity index is 1490. The zero-order chi connectivity index (χ0) is 26.0. The third-order valence-electron chi connectivity index (χ3n) is 5.63. The van der Waals surface area contributed by atoms with Gasteiger partial charge in [-0.15, -0.1) is 0 Å². The van der Waals surface area contributed by atoms with Gasteiger partial charge in [-0.05, 0) is 51.3 Å². The maximum Gasteiger partial charge on any atom is 0.265 e.